The van der Waals surface area contributed by atoms with Crippen LogP contribution in [-0.4, -0.2) is 23.7 Å². The van der Waals surface area contributed by atoms with E-state index in [1.165, 1.54) is 24.3 Å². The number of hydrogen-bond acceptors (Lipinski definition) is 6. The topological polar surface area (TPSA) is 113 Å². The van der Waals surface area contributed by atoms with Gasteiger partial charge in [-0.05, 0) is 23.3 Å². The fourth-order valence-corrected chi connectivity index (χ4v) is 2.82. The molecule has 31 heavy (non-hydrogen) atoms. The third-order valence-electron chi connectivity index (χ3n) is 4.41. The molecule has 1 aromatic heterocycles. The van der Waals surface area contributed by atoms with E-state index in [9.17, 15) is 18.8 Å². The lowest BCUT2D eigenvalue weighted by Gasteiger charge is -2.16. The maximum atomic E-state index is 13.1. The fourth-order valence-electron chi connectivity index (χ4n) is 2.82. The van der Waals surface area contributed by atoms with Crippen LogP contribution in [0.25, 0.3) is 0 Å². The maximum Gasteiger partial charge on any atom is 0.343 e. The number of aromatic nitrogens is 1. The zero-order valence-electron chi connectivity index (χ0n) is 16.6. The molecular formula is C22H20FN3O5. The number of rotatable bonds is 7. The molecule has 0 atom stereocenters. The number of hydrogen-bond donors (Lipinski definition) is 2. The number of pyridine rings is 1. The minimum atomic E-state index is -0.910. The first-order valence-corrected chi connectivity index (χ1v) is 9.23. The van der Waals surface area contributed by atoms with Crippen molar-refractivity contribution in [2.45, 2.75) is 13.2 Å². The lowest BCUT2D eigenvalue weighted by Crippen LogP contribution is -2.34. The molecule has 0 aliphatic carbocycles. The van der Waals surface area contributed by atoms with Gasteiger partial charge in [0.05, 0.1) is 7.11 Å². The summed E-state index contributed by atoms with van der Waals surface area (Å²) in [5, 5.41) is 2.61. The molecule has 0 radical (unpaired) electrons. The molecule has 9 heteroatoms. The van der Waals surface area contributed by atoms with E-state index in [0.717, 1.165) is 23.5 Å². The Morgan fingerprint density at radius 1 is 1.06 bits per heavy atom. The molecule has 0 spiro atoms. The van der Waals surface area contributed by atoms with Crippen LogP contribution in [0.4, 0.5) is 4.39 Å². The Labute approximate surface area is 177 Å². The number of nitrogen functional groups attached to an aromatic ring is 1. The van der Waals surface area contributed by atoms with Crippen molar-refractivity contribution >= 4 is 11.9 Å². The highest BCUT2D eigenvalue weighted by Crippen LogP contribution is 2.17. The van der Waals surface area contributed by atoms with Gasteiger partial charge in [-0.15, -0.1) is 0 Å². The molecule has 1 amide bonds. The van der Waals surface area contributed by atoms with Gasteiger partial charge < -0.3 is 20.6 Å². The first-order valence-electron chi connectivity index (χ1n) is 9.23. The number of carbonyl (C=O) groups excluding carboxylic acids is 2. The largest absolute Gasteiger partial charge is 0.482 e. The SMILES string of the molecule is COC(=O)c1cn(N)c(C(=O)NCc2ccc(F)cc2)c(OCc2ccccc2)c1=O. The number of nitrogens with two attached hydrogens (primary N) is 1. The monoisotopic (exact) mass is 425 g/mol. The molecule has 0 saturated carbocycles. The van der Waals surface area contributed by atoms with Gasteiger partial charge in [0.25, 0.3) is 5.91 Å². The van der Waals surface area contributed by atoms with Gasteiger partial charge in [-0.2, -0.15) is 0 Å². The van der Waals surface area contributed by atoms with Crippen molar-refractivity contribution in [1.29, 1.82) is 0 Å². The van der Waals surface area contributed by atoms with Crippen molar-refractivity contribution in [3.63, 3.8) is 0 Å². The molecule has 8 nitrogen and oxygen atoms in total. The minimum Gasteiger partial charge on any atom is -0.482 e. The minimum absolute atomic E-state index is 0.0288. The molecule has 2 aromatic carbocycles. The highest BCUT2D eigenvalue weighted by atomic mass is 19.1. The van der Waals surface area contributed by atoms with Crippen LogP contribution in [0.15, 0.2) is 65.6 Å². The van der Waals surface area contributed by atoms with Crippen molar-refractivity contribution in [3.05, 3.63) is 99.2 Å². The summed E-state index contributed by atoms with van der Waals surface area (Å²) in [6, 6.07) is 14.5. The van der Waals surface area contributed by atoms with Crippen LogP contribution in [-0.2, 0) is 17.9 Å². The molecule has 3 N–H and O–H groups in total. The maximum absolute atomic E-state index is 13.1. The third-order valence-corrected chi connectivity index (χ3v) is 4.41. The lowest BCUT2D eigenvalue weighted by molar-refractivity contribution is 0.0596. The van der Waals surface area contributed by atoms with E-state index in [-0.39, 0.29) is 30.2 Å². The first-order chi connectivity index (χ1) is 14.9. The summed E-state index contributed by atoms with van der Waals surface area (Å²) in [6.07, 6.45) is 1.01. The van der Waals surface area contributed by atoms with E-state index in [1.807, 2.05) is 6.07 Å². The Kier molecular flexibility index (Phi) is 6.66. The second kappa shape index (κ2) is 9.57. The first kappa shape index (κ1) is 21.6. The summed E-state index contributed by atoms with van der Waals surface area (Å²) in [5.41, 5.74) is -0.0829. The van der Waals surface area contributed by atoms with Gasteiger partial charge in [-0.25, -0.2) is 9.18 Å². The van der Waals surface area contributed by atoms with Crippen molar-refractivity contribution in [3.8, 4) is 5.75 Å². The standard InChI is InChI=1S/C22H20FN3O5/c1-30-22(29)17-12-26(24)18(21(28)25-11-14-7-9-16(23)10-8-14)20(19(17)27)31-13-15-5-3-2-4-6-15/h2-10,12H,11,13,24H2,1H3,(H,25,28). The molecule has 160 valence electrons. The Hall–Kier alpha value is -4.14. The predicted molar refractivity (Wildman–Crippen MR) is 111 cm³/mol. The van der Waals surface area contributed by atoms with Gasteiger partial charge in [0.2, 0.25) is 5.43 Å². The molecule has 0 bridgehead atoms. The molecule has 0 saturated heterocycles. The summed E-state index contributed by atoms with van der Waals surface area (Å²) in [5.74, 6) is 3.52. The molecule has 0 unspecified atom stereocenters. The van der Waals surface area contributed by atoms with Crippen LogP contribution in [0.1, 0.15) is 32.0 Å². The van der Waals surface area contributed by atoms with Crippen LogP contribution < -0.4 is 21.3 Å². The third kappa shape index (κ3) is 5.08. The van der Waals surface area contributed by atoms with E-state index in [4.69, 9.17) is 10.6 Å². The summed E-state index contributed by atoms with van der Waals surface area (Å²) >= 11 is 0. The van der Waals surface area contributed by atoms with Crippen molar-refractivity contribution < 1.29 is 23.5 Å². The van der Waals surface area contributed by atoms with E-state index < -0.39 is 23.1 Å². The van der Waals surface area contributed by atoms with Crippen molar-refractivity contribution in [2.24, 2.45) is 0 Å². The number of carbonyl (C=O) groups is 2. The second-order valence-corrected chi connectivity index (χ2v) is 6.53. The van der Waals surface area contributed by atoms with Crippen LogP contribution in [0, 0.1) is 5.82 Å². The predicted octanol–water partition coefficient (Wildman–Crippen LogP) is 2.00. The Bertz CT molecular complexity index is 1140. The van der Waals surface area contributed by atoms with E-state index in [0.29, 0.717) is 5.56 Å². The average molecular weight is 425 g/mol. The van der Waals surface area contributed by atoms with Gasteiger partial charge in [0, 0.05) is 12.7 Å². The molecular weight excluding hydrogens is 405 g/mol. The van der Waals surface area contributed by atoms with Crippen LogP contribution in [0.2, 0.25) is 0 Å². The summed E-state index contributed by atoms with van der Waals surface area (Å²) in [7, 11) is 1.12. The lowest BCUT2D eigenvalue weighted by atomic mass is 10.2. The molecule has 3 aromatic rings. The number of nitrogens with one attached hydrogen (secondary N) is 1. The van der Waals surface area contributed by atoms with Crippen LogP contribution in [0.3, 0.4) is 0 Å². The van der Waals surface area contributed by atoms with E-state index >= 15 is 0 Å². The fraction of sp³-hybridized carbons (Fsp3) is 0.136. The quantitative estimate of drug-likeness (QED) is 0.442. The van der Waals surface area contributed by atoms with Gasteiger partial charge in [-0.3, -0.25) is 14.3 Å². The number of esters is 1. The van der Waals surface area contributed by atoms with Gasteiger partial charge >= 0.3 is 5.97 Å². The molecule has 3 rings (SSSR count). The van der Waals surface area contributed by atoms with E-state index in [2.05, 4.69) is 10.1 Å². The zero-order chi connectivity index (χ0) is 22.4. The van der Waals surface area contributed by atoms with E-state index in [1.54, 1.807) is 24.3 Å². The number of benzene rings is 2. The number of amides is 1. The second-order valence-electron chi connectivity index (χ2n) is 6.53. The summed E-state index contributed by atoms with van der Waals surface area (Å²) in [4.78, 5) is 37.6. The number of methoxy groups -OCH3 is 1. The Morgan fingerprint density at radius 2 is 1.74 bits per heavy atom. The molecule has 1 heterocycles. The van der Waals surface area contributed by atoms with Crippen LogP contribution >= 0.6 is 0 Å². The Morgan fingerprint density at radius 3 is 2.39 bits per heavy atom. The number of ether oxygens (including phenoxy) is 2. The Balaban J connectivity index is 1.93. The van der Waals surface area contributed by atoms with Gasteiger partial charge in [0.1, 0.15) is 18.0 Å². The molecule has 0 fully saturated rings. The normalized spacial score (nSPS) is 10.4. The zero-order valence-corrected chi connectivity index (χ0v) is 16.6. The average Bonchev–Trinajstić information content (AvgIpc) is 2.78. The van der Waals surface area contributed by atoms with Gasteiger partial charge in [-0.1, -0.05) is 42.5 Å². The highest BCUT2D eigenvalue weighted by Gasteiger charge is 2.25. The number of halogens is 1. The highest BCUT2D eigenvalue weighted by molar-refractivity contribution is 5.97. The van der Waals surface area contributed by atoms with Crippen molar-refractivity contribution in [1.82, 2.24) is 9.99 Å². The molecule has 0 aliphatic rings. The molecule has 0 aliphatic heterocycles. The smallest absolute Gasteiger partial charge is 0.343 e. The van der Waals surface area contributed by atoms with Crippen molar-refractivity contribution in [2.75, 3.05) is 13.0 Å². The number of nitrogens with zero attached hydrogens (tertiary/aromatic N) is 1. The summed E-state index contributed by atoms with van der Waals surface area (Å²) in [6.45, 7) is 0.0309. The summed E-state index contributed by atoms with van der Waals surface area (Å²) < 4.78 is 24.1. The van der Waals surface area contributed by atoms with Gasteiger partial charge in [0.15, 0.2) is 11.4 Å². The van der Waals surface area contributed by atoms with Crippen LogP contribution in [0.5, 0.6) is 5.75 Å².